The first-order valence-corrected chi connectivity index (χ1v) is 9.30. The summed E-state index contributed by atoms with van der Waals surface area (Å²) in [5, 5.41) is 2.72. The second-order valence-corrected chi connectivity index (χ2v) is 8.32. The predicted molar refractivity (Wildman–Crippen MR) is 108 cm³/mol. The highest BCUT2D eigenvalue weighted by Crippen LogP contribution is 2.22. The number of carbonyl (C=O) groups is 2. The van der Waals surface area contributed by atoms with E-state index in [9.17, 15) is 9.59 Å². The van der Waals surface area contributed by atoms with E-state index in [1.807, 2.05) is 47.6 Å². The van der Waals surface area contributed by atoms with Crippen LogP contribution in [0.4, 0.5) is 4.79 Å². The zero-order valence-corrected chi connectivity index (χ0v) is 17.9. The smallest absolute Gasteiger partial charge is 0.407 e. The van der Waals surface area contributed by atoms with Crippen molar-refractivity contribution in [1.82, 2.24) is 10.3 Å². The number of esters is 1. The van der Waals surface area contributed by atoms with E-state index >= 15 is 0 Å². The molecular weight excluding hydrogens is 360 g/mol. The van der Waals surface area contributed by atoms with Crippen molar-refractivity contribution < 1.29 is 23.8 Å². The molecule has 0 saturated carbocycles. The summed E-state index contributed by atoms with van der Waals surface area (Å²) in [6.45, 7) is 11.3. The maximum atomic E-state index is 12.2. The van der Waals surface area contributed by atoms with Gasteiger partial charge >= 0.3 is 12.1 Å². The van der Waals surface area contributed by atoms with Crippen molar-refractivity contribution in [2.45, 2.75) is 65.6 Å². The van der Waals surface area contributed by atoms with E-state index in [2.05, 4.69) is 10.3 Å². The van der Waals surface area contributed by atoms with Crippen LogP contribution in [0.15, 0.2) is 24.4 Å². The van der Waals surface area contributed by atoms with Crippen molar-refractivity contribution in [2.24, 2.45) is 0 Å². The molecule has 1 heterocycles. The summed E-state index contributed by atoms with van der Waals surface area (Å²) in [4.78, 5) is 28.2. The maximum absolute atomic E-state index is 12.2. The maximum Gasteiger partial charge on any atom is 0.407 e. The molecule has 0 aliphatic heterocycles. The van der Waals surface area contributed by atoms with Crippen LogP contribution in [0.25, 0.3) is 5.57 Å². The highest BCUT2D eigenvalue weighted by Gasteiger charge is 2.17. The molecule has 28 heavy (non-hydrogen) atoms. The van der Waals surface area contributed by atoms with Gasteiger partial charge in [-0.15, -0.1) is 0 Å². The quantitative estimate of drug-likeness (QED) is 0.427. The third kappa shape index (κ3) is 9.94. The van der Waals surface area contributed by atoms with E-state index in [1.54, 1.807) is 19.4 Å². The Balaban J connectivity index is 2.78. The molecule has 0 unspecified atom stereocenters. The summed E-state index contributed by atoms with van der Waals surface area (Å²) in [6, 6.07) is 3.57. The highest BCUT2D eigenvalue weighted by molar-refractivity contribution is 5.91. The number of aromatic nitrogens is 1. The van der Waals surface area contributed by atoms with E-state index in [-0.39, 0.29) is 0 Å². The molecule has 0 atom stereocenters. The van der Waals surface area contributed by atoms with E-state index in [4.69, 9.17) is 14.2 Å². The molecular formula is C21H32N2O5. The van der Waals surface area contributed by atoms with Crippen LogP contribution in [0.3, 0.4) is 0 Å². The van der Waals surface area contributed by atoms with Gasteiger partial charge < -0.3 is 19.5 Å². The van der Waals surface area contributed by atoms with Crippen molar-refractivity contribution in [3.63, 3.8) is 0 Å². The fraction of sp³-hybridized carbons (Fsp3) is 0.571. The van der Waals surface area contributed by atoms with Crippen LogP contribution >= 0.6 is 0 Å². The zero-order chi connectivity index (χ0) is 21.4. The minimum absolute atomic E-state index is 0.418. The number of amides is 1. The Morgan fingerprint density at radius 3 is 2.21 bits per heavy atom. The third-order valence-electron chi connectivity index (χ3n) is 3.31. The number of alkyl carbamates (subject to hydrolysis) is 1. The van der Waals surface area contributed by atoms with Crippen LogP contribution in [0.1, 0.15) is 59.9 Å². The van der Waals surface area contributed by atoms with Gasteiger partial charge in [-0.05, 0) is 71.6 Å². The minimum Gasteiger partial charge on any atom is -0.481 e. The molecule has 1 aromatic heterocycles. The second kappa shape index (κ2) is 10.1. The SMILES string of the molecule is COc1ccc(C(=CC(=O)OC(C)(C)C)CCCNC(=O)OC(C)(C)C)cn1. The Morgan fingerprint density at radius 2 is 1.71 bits per heavy atom. The van der Waals surface area contributed by atoms with Crippen LogP contribution < -0.4 is 10.1 Å². The Morgan fingerprint density at radius 1 is 1.07 bits per heavy atom. The fourth-order valence-electron chi connectivity index (χ4n) is 2.25. The monoisotopic (exact) mass is 392 g/mol. The van der Waals surface area contributed by atoms with Crippen molar-refractivity contribution in [1.29, 1.82) is 0 Å². The average molecular weight is 392 g/mol. The molecule has 0 spiro atoms. The average Bonchev–Trinajstić information content (AvgIpc) is 2.54. The number of nitrogens with one attached hydrogen (secondary N) is 1. The van der Waals surface area contributed by atoms with Crippen molar-refractivity contribution in [3.8, 4) is 5.88 Å². The standard InChI is InChI=1S/C21H32N2O5/c1-20(2,3)27-18(24)13-15(16-10-11-17(26-7)23-14-16)9-8-12-22-19(25)28-21(4,5)6/h10-11,13-14H,8-9,12H2,1-7H3,(H,22,25). The Kier molecular flexibility index (Phi) is 8.47. The third-order valence-corrected chi connectivity index (χ3v) is 3.31. The first-order chi connectivity index (χ1) is 12.9. The zero-order valence-electron chi connectivity index (χ0n) is 17.9. The van der Waals surface area contributed by atoms with Crippen LogP contribution in [0.2, 0.25) is 0 Å². The summed E-state index contributed by atoms with van der Waals surface area (Å²) in [6.07, 6.45) is 3.85. The number of methoxy groups -OCH3 is 1. The van der Waals surface area contributed by atoms with Crippen LogP contribution in [-0.4, -0.2) is 41.9 Å². The molecule has 1 rings (SSSR count). The second-order valence-electron chi connectivity index (χ2n) is 8.32. The molecule has 0 aromatic carbocycles. The fourth-order valence-corrected chi connectivity index (χ4v) is 2.25. The van der Waals surface area contributed by atoms with Gasteiger partial charge in [0.25, 0.3) is 0 Å². The van der Waals surface area contributed by atoms with Crippen molar-refractivity contribution in [3.05, 3.63) is 30.0 Å². The number of nitrogens with zero attached hydrogens (tertiary/aromatic N) is 1. The summed E-state index contributed by atoms with van der Waals surface area (Å²) < 4.78 is 15.7. The normalized spacial score (nSPS) is 12.3. The lowest BCUT2D eigenvalue weighted by atomic mass is 10.0. The van der Waals surface area contributed by atoms with Gasteiger partial charge in [0.1, 0.15) is 11.2 Å². The van der Waals surface area contributed by atoms with Gasteiger partial charge in [0.2, 0.25) is 5.88 Å². The molecule has 0 aliphatic carbocycles. The first-order valence-electron chi connectivity index (χ1n) is 9.30. The molecule has 7 heteroatoms. The van der Waals surface area contributed by atoms with Gasteiger partial charge in [0, 0.05) is 24.9 Å². The molecule has 7 nitrogen and oxygen atoms in total. The number of rotatable bonds is 7. The van der Waals surface area contributed by atoms with E-state index in [1.165, 1.54) is 6.08 Å². The number of ether oxygens (including phenoxy) is 3. The lowest BCUT2D eigenvalue weighted by Gasteiger charge is -2.20. The van der Waals surface area contributed by atoms with Gasteiger partial charge in [-0.25, -0.2) is 14.6 Å². The van der Waals surface area contributed by atoms with Crippen molar-refractivity contribution >= 4 is 17.6 Å². The Hall–Kier alpha value is -2.57. The Labute approximate surface area is 167 Å². The van der Waals surface area contributed by atoms with E-state index in [0.717, 1.165) is 11.1 Å². The van der Waals surface area contributed by atoms with E-state index < -0.39 is 23.3 Å². The van der Waals surface area contributed by atoms with Crippen LogP contribution in [-0.2, 0) is 14.3 Å². The number of hydrogen-bond donors (Lipinski definition) is 1. The molecule has 0 aliphatic rings. The molecule has 1 N–H and O–H groups in total. The topological polar surface area (TPSA) is 86.8 Å². The molecule has 156 valence electrons. The van der Waals surface area contributed by atoms with Gasteiger partial charge in [0.15, 0.2) is 0 Å². The summed E-state index contributed by atoms with van der Waals surface area (Å²) in [5.74, 6) is 0.0744. The number of allylic oxidation sites excluding steroid dienone is 1. The molecule has 1 amide bonds. The lowest BCUT2D eigenvalue weighted by Crippen LogP contribution is -2.33. The molecule has 0 fully saturated rings. The lowest BCUT2D eigenvalue weighted by molar-refractivity contribution is -0.148. The van der Waals surface area contributed by atoms with E-state index in [0.29, 0.717) is 25.3 Å². The number of pyridine rings is 1. The number of carbonyl (C=O) groups excluding carboxylic acids is 2. The molecule has 0 bridgehead atoms. The summed E-state index contributed by atoms with van der Waals surface area (Å²) >= 11 is 0. The van der Waals surface area contributed by atoms with Gasteiger partial charge in [-0.3, -0.25) is 0 Å². The van der Waals surface area contributed by atoms with Crippen LogP contribution in [0, 0.1) is 0 Å². The predicted octanol–water partition coefficient (Wildman–Crippen LogP) is 4.12. The largest absolute Gasteiger partial charge is 0.481 e. The van der Waals surface area contributed by atoms with Gasteiger partial charge in [0.05, 0.1) is 7.11 Å². The van der Waals surface area contributed by atoms with Gasteiger partial charge in [-0.1, -0.05) is 0 Å². The first kappa shape index (κ1) is 23.5. The number of hydrogen-bond acceptors (Lipinski definition) is 6. The molecule has 0 saturated heterocycles. The molecule has 0 radical (unpaired) electrons. The van der Waals surface area contributed by atoms with Crippen molar-refractivity contribution in [2.75, 3.05) is 13.7 Å². The van der Waals surface area contributed by atoms with Crippen LogP contribution in [0.5, 0.6) is 5.88 Å². The Bertz CT molecular complexity index is 682. The molecule has 1 aromatic rings. The summed E-state index contributed by atoms with van der Waals surface area (Å²) in [7, 11) is 1.54. The minimum atomic E-state index is -0.574. The van der Waals surface area contributed by atoms with Gasteiger partial charge in [-0.2, -0.15) is 0 Å². The highest BCUT2D eigenvalue weighted by atomic mass is 16.6. The summed E-state index contributed by atoms with van der Waals surface area (Å²) in [5.41, 5.74) is 0.453.